The van der Waals surface area contributed by atoms with Crippen LogP contribution >= 0.6 is 15.9 Å². The summed E-state index contributed by atoms with van der Waals surface area (Å²) in [4.78, 5) is 0.417. The van der Waals surface area contributed by atoms with Gasteiger partial charge in [-0.3, -0.25) is 0 Å². The van der Waals surface area contributed by atoms with Crippen LogP contribution in [-0.4, -0.2) is 27.2 Å². The second-order valence-corrected chi connectivity index (χ2v) is 9.94. The normalized spacial score (nSPS) is 57.6. The molecular formula is C19H29BrO2. The van der Waals surface area contributed by atoms with Crippen molar-refractivity contribution in [2.24, 2.45) is 28.6 Å². The zero-order valence-electron chi connectivity index (χ0n) is 13.8. The van der Waals surface area contributed by atoms with Gasteiger partial charge in [0.1, 0.15) is 0 Å². The van der Waals surface area contributed by atoms with Gasteiger partial charge < -0.3 is 10.2 Å². The molecule has 0 radical (unpaired) electrons. The van der Waals surface area contributed by atoms with Crippen molar-refractivity contribution in [3.8, 4) is 0 Å². The summed E-state index contributed by atoms with van der Waals surface area (Å²) in [6, 6.07) is 0. The third-order valence-electron chi connectivity index (χ3n) is 8.02. The van der Waals surface area contributed by atoms with Gasteiger partial charge in [-0.25, -0.2) is 0 Å². The Hall–Kier alpha value is 0.140. The van der Waals surface area contributed by atoms with Gasteiger partial charge in [-0.1, -0.05) is 41.4 Å². The number of allylic oxidation sites excluding steroid dienone is 1. The Bertz CT molecular complexity index is 504. The molecule has 0 aromatic rings. The summed E-state index contributed by atoms with van der Waals surface area (Å²) in [6.07, 6.45) is 9.71. The van der Waals surface area contributed by atoms with Gasteiger partial charge in [0, 0.05) is 4.83 Å². The Kier molecular flexibility index (Phi) is 3.61. The topological polar surface area (TPSA) is 40.5 Å². The highest BCUT2D eigenvalue weighted by Crippen LogP contribution is 2.65. The van der Waals surface area contributed by atoms with Crippen molar-refractivity contribution >= 4 is 15.9 Å². The molecule has 0 amide bonds. The lowest BCUT2D eigenvalue weighted by molar-refractivity contribution is -0.0687. The van der Waals surface area contributed by atoms with Crippen LogP contribution in [0.25, 0.3) is 0 Å². The molecule has 4 aliphatic carbocycles. The van der Waals surface area contributed by atoms with Crippen LogP contribution < -0.4 is 0 Å². The minimum Gasteiger partial charge on any atom is -0.393 e. The van der Waals surface area contributed by atoms with E-state index in [1.807, 2.05) is 0 Å². The van der Waals surface area contributed by atoms with E-state index in [9.17, 15) is 10.2 Å². The van der Waals surface area contributed by atoms with E-state index in [2.05, 4.69) is 35.9 Å². The highest BCUT2D eigenvalue weighted by Gasteiger charge is 2.60. The Morgan fingerprint density at radius 3 is 2.59 bits per heavy atom. The Morgan fingerprint density at radius 2 is 1.82 bits per heavy atom. The number of alkyl halides is 1. The number of aliphatic hydroxyl groups excluding tert-OH is 2. The number of aliphatic hydroxyl groups is 2. The molecule has 0 spiro atoms. The zero-order valence-corrected chi connectivity index (χ0v) is 15.3. The van der Waals surface area contributed by atoms with Crippen molar-refractivity contribution in [1.29, 1.82) is 0 Å². The zero-order chi connectivity index (χ0) is 15.7. The highest BCUT2D eigenvalue weighted by atomic mass is 79.9. The second-order valence-electron chi connectivity index (χ2n) is 8.88. The van der Waals surface area contributed by atoms with Crippen LogP contribution in [0, 0.1) is 28.6 Å². The minimum absolute atomic E-state index is 0.107. The third kappa shape index (κ3) is 1.97. The Balaban J connectivity index is 1.73. The average molecular weight is 369 g/mol. The molecule has 0 bridgehead atoms. The van der Waals surface area contributed by atoms with Crippen molar-refractivity contribution in [3.63, 3.8) is 0 Å². The maximum absolute atomic E-state index is 10.5. The van der Waals surface area contributed by atoms with Gasteiger partial charge in [0.05, 0.1) is 12.2 Å². The van der Waals surface area contributed by atoms with Crippen LogP contribution in [-0.2, 0) is 0 Å². The van der Waals surface area contributed by atoms with E-state index in [-0.39, 0.29) is 23.0 Å². The van der Waals surface area contributed by atoms with Crippen molar-refractivity contribution in [3.05, 3.63) is 11.6 Å². The molecule has 124 valence electrons. The first kappa shape index (κ1) is 15.7. The molecule has 3 saturated carbocycles. The van der Waals surface area contributed by atoms with E-state index >= 15 is 0 Å². The SMILES string of the molecule is C[C@]12CC[C@H]3[C@@H]([C@H](Br)C=C4C[C@@H](O)CC[C@@]43C)[C@@H]1CC[C@@H]2O. The average Bonchev–Trinajstić information content (AvgIpc) is 2.77. The summed E-state index contributed by atoms with van der Waals surface area (Å²) in [5, 5.41) is 20.6. The highest BCUT2D eigenvalue weighted by molar-refractivity contribution is 9.09. The maximum atomic E-state index is 10.5. The molecule has 0 aromatic heterocycles. The molecule has 8 atom stereocenters. The van der Waals surface area contributed by atoms with Crippen LogP contribution in [0.3, 0.4) is 0 Å². The first-order valence-corrected chi connectivity index (χ1v) is 9.99. The van der Waals surface area contributed by atoms with E-state index in [0.29, 0.717) is 22.6 Å². The van der Waals surface area contributed by atoms with Gasteiger partial charge >= 0.3 is 0 Å². The molecule has 3 heteroatoms. The maximum Gasteiger partial charge on any atom is 0.0596 e. The fraction of sp³-hybridized carbons (Fsp3) is 0.895. The summed E-state index contributed by atoms with van der Waals surface area (Å²) >= 11 is 3.98. The molecule has 0 saturated heterocycles. The predicted octanol–water partition coefficient (Wildman–Crippen LogP) is 4.04. The molecule has 3 fully saturated rings. The van der Waals surface area contributed by atoms with Gasteiger partial charge in [0.25, 0.3) is 0 Å². The van der Waals surface area contributed by atoms with Crippen LogP contribution in [0.1, 0.15) is 58.8 Å². The van der Waals surface area contributed by atoms with Crippen LogP contribution in [0.15, 0.2) is 11.6 Å². The van der Waals surface area contributed by atoms with E-state index < -0.39 is 0 Å². The lowest BCUT2D eigenvalue weighted by Gasteiger charge is -2.58. The predicted molar refractivity (Wildman–Crippen MR) is 91.8 cm³/mol. The number of hydrogen-bond donors (Lipinski definition) is 2. The first-order chi connectivity index (χ1) is 10.4. The summed E-state index contributed by atoms with van der Waals surface area (Å²) in [7, 11) is 0. The molecule has 0 aromatic carbocycles. The van der Waals surface area contributed by atoms with Gasteiger partial charge in [0.2, 0.25) is 0 Å². The molecule has 0 unspecified atom stereocenters. The largest absolute Gasteiger partial charge is 0.393 e. The van der Waals surface area contributed by atoms with Crippen LogP contribution in [0.2, 0.25) is 0 Å². The van der Waals surface area contributed by atoms with Gasteiger partial charge in [-0.15, -0.1) is 0 Å². The summed E-state index contributed by atoms with van der Waals surface area (Å²) in [5.41, 5.74) is 1.91. The summed E-state index contributed by atoms with van der Waals surface area (Å²) in [5.74, 6) is 2.01. The van der Waals surface area contributed by atoms with E-state index in [1.54, 1.807) is 0 Å². The fourth-order valence-corrected chi connectivity index (χ4v) is 7.61. The number of rotatable bonds is 0. The van der Waals surface area contributed by atoms with Crippen molar-refractivity contribution in [2.45, 2.75) is 75.8 Å². The first-order valence-electron chi connectivity index (χ1n) is 9.07. The smallest absolute Gasteiger partial charge is 0.0596 e. The summed E-state index contributed by atoms with van der Waals surface area (Å²) in [6.45, 7) is 4.78. The molecule has 4 aliphatic rings. The molecule has 4 rings (SSSR count). The quantitative estimate of drug-likeness (QED) is 0.500. The molecular weight excluding hydrogens is 340 g/mol. The molecule has 22 heavy (non-hydrogen) atoms. The lowest BCUT2D eigenvalue weighted by atomic mass is 9.48. The second kappa shape index (κ2) is 5.07. The monoisotopic (exact) mass is 368 g/mol. The number of fused-ring (bicyclic) bond motifs is 5. The Labute approximate surface area is 142 Å². The van der Waals surface area contributed by atoms with E-state index in [1.165, 1.54) is 24.8 Å². The van der Waals surface area contributed by atoms with E-state index in [4.69, 9.17) is 0 Å². The summed E-state index contributed by atoms with van der Waals surface area (Å²) < 4.78 is 0. The molecule has 2 nitrogen and oxygen atoms in total. The number of halogens is 1. The molecule has 2 N–H and O–H groups in total. The standard InChI is InChI=1S/C19H29BrO2/c1-18-7-5-12(21)9-11(18)10-15(20)17-13-3-4-16(22)19(13,2)8-6-14(17)18/h10,12-17,21-22H,3-9H2,1-2H3/t12-,13-,14-,15+,16-,17-,18-,19-/m0/s1. The van der Waals surface area contributed by atoms with Crippen molar-refractivity contribution < 1.29 is 10.2 Å². The fourth-order valence-electron chi connectivity index (χ4n) is 6.56. The van der Waals surface area contributed by atoms with Crippen LogP contribution in [0.4, 0.5) is 0 Å². The van der Waals surface area contributed by atoms with Gasteiger partial charge in [-0.2, -0.15) is 0 Å². The van der Waals surface area contributed by atoms with Gasteiger partial charge in [0.15, 0.2) is 0 Å². The van der Waals surface area contributed by atoms with Crippen LogP contribution in [0.5, 0.6) is 0 Å². The molecule has 0 heterocycles. The van der Waals surface area contributed by atoms with Crippen molar-refractivity contribution in [2.75, 3.05) is 0 Å². The van der Waals surface area contributed by atoms with E-state index in [0.717, 1.165) is 25.7 Å². The third-order valence-corrected chi connectivity index (χ3v) is 8.89. The lowest BCUT2D eigenvalue weighted by Crippen LogP contribution is -2.54. The van der Waals surface area contributed by atoms with Gasteiger partial charge in [-0.05, 0) is 73.5 Å². The number of hydrogen-bond acceptors (Lipinski definition) is 2. The molecule has 0 aliphatic heterocycles. The minimum atomic E-state index is -0.141. The Morgan fingerprint density at radius 1 is 1.05 bits per heavy atom. The van der Waals surface area contributed by atoms with Crippen molar-refractivity contribution in [1.82, 2.24) is 0 Å².